The van der Waals surface area contributed by atoms with Crippen molar-refractivity contribution < 1.29 is 24.2 Å². The lowest BCUT2D eigenvalue weighted by Gasteiger charge is -2.27. The van der Waals surface area contributed by atoms with Crippen LogP contribution in [0.25, 0.3) is 5.69 Å². The van der Waals surface area contributed by atoms with Crippen molar-refractivity contribution in [3.05, 3.63) is 59.7 Å². The van der Waals surface area contributed by atoms with Crippen LogP contribution in [0.2, 0.25) is 0 Å². The van der Waals surface area contributed by atoms with Crippen LogP contribution in [-0.2, 0) is 4.74 Å². The third kappa shape index (κ3) is 3.92. The Labute approximate surface area is 165 Å². The number of aromatic carboxylic acids is 1. The Morgan fingerprint density at radius 3 is 2.48 bits per heavy atom. The topological polar surface area (TPSA) is 122 Å². The molecule has 10 heteroatoms. The summed E-state index contributed by atoms with van der Waals surface area (Å²) in [4.78, 5) is 25.5. The fourth-order valence-corrected chi connectivity index (χ4v) is 2.91. The maximum absolute atomic E-state index is 12.9. The molecule has 29 heavy (non-hydrogen) atoms. The van der Waals surface area contributed by atoms with Crippen LogP contribution < -0.4 is 9.84 Å². The van der Waals surface area contributed by atoms with E-state index in [0.717, 1.165) is 0 Å². The van der Waals surface area contributed by atoms with Gasteiger partial charge in [0, 0.05) is 13.1 Å². The maximum atomic E-state index is 12.9. The zero-order valence-corrected chi connectivity index (χ0v) is 15.2. The molecule has 1 fully saturated rings. The summed E-state index contributed by atoms with van der Waals surface area (Å²) in [6, 6.07) is 12.7. The minimum Gasteiger partial charge on any atom is -0.545 e. The largest absolute Gasteiger partial charge is 0.545 e. The van der Waals surface area contributed by atoms with Gasteiger partial charge in [-0.15, -0.1) is 0 Å². The van der Waals surface area contributed by atoms with Crippen molar-refractivity contribution in [1.82, 2.24) is 25.1 Å². The van der Waals surface area contributed by atoms with E-state index in [2.05, 4.69) is 15.5 Å². The van der Waals surface area contributed by atoms with Crippen molar-refractivity contribution in [3.8, 4) is 17.4 Å². The third-order valence-electron chi connectivity index (χ3n) is 4.41. The molecule has 1 saturated heterocycles. The molecule has 0 atom stereocenters. The molecule has 0 spiro atoms. The number of benzene rings is 2. The van der Waals surface area contributed by atoms with E-state index < -0.39 is 5.97 Å². The monoisotopic (exact) mass is 394 g/mol. The number of ether oxygens (including phenoxy) is 2. The van der Waals surface area contributed by atoms with Gasteiger partial charge in [0.2, 0.25) is 0 Å². The molecular weight excluding hydrogens is 378 g/mol. The average molecular weight is 394 g/mol. The van der Waals surface area contributed by atoms with Gasteiger partial charge in [-0.3, -0.25) is 4.79 Å². The number of nitrogens with zero attached hydrogens (tertiary/aromatic N) is 5. The first kappa shape index (κ1) is 18.6. The number of amides is 1. The molecule has 0 unspecified atom stereocenters. The standard InChI is InChI=1S/C19H17N5O5/c25-17(23-9-11-28-12-10-23)15-3-1-2-4-16(15)29-19-20-21-22-24(19)14-7-5-13(6-8-14)18(26)27/h1-8H,9-12H2,(H,26,27)/p-1. The van der Waals surface area contributed by atoms with Crippen molar-refractivity contribution in [2.45, 2.75) is 0 Å². The van der Waals surface area contributed by atoms with Crippen molar-refractivity contribution in [2.75, 3.05) is 26.3 Å². The first-order chi connectivity index (χ1) is 14.1. The van der Waals surface area contributed by atoms with Gasteiger partial charge in [-0.2, -0.15) is 4.68 Å². The number of aromatic nitrogens is 4. The van der Waals surface area contributed by atoms with Crippen LogP contribution >= 0.6 is 0 Å². The predicted octanol–water partition coefficient (Wildman–Crippen LogP) is 0.290. The van der Waals surface area contributed by atoms with E-state index in [1.54, 1.807) is 29.2 Å². The molecule has 0 N–H and O–H groups in total. The second-order valence-electron chi connectivity index (χ2n) is 6.21. The molecule has 0 aliphatic carbocycles. The molecule has 1 aromatic heterocycles. The van der Waals surface area contributed by atoms with Crippen LogP contribution in [0.15, 0.2) is 48.5 Å². The summed E-state index contributed by atoms with van der Waals surface area (Å²) in [5, 5.41) is 22.3. The molecule has 0 saturated carbocycles. The summed E-state index contributed by atoms with van der Waals surface area (Å²) >= 11 is 0. The van der Waals surface area contributed by atoms with E-state index in [1.807, 2.05) is 0 Å². The number of carbonyl (C=O) groups is 2. The maximum Gasteiger partial charge on any atom is 0.345 e. The van der Waals surface area contributed by atoms with Crippen LogP contribution in [0.5, 0.6) is 11.8 Å². The summed E-state index contributed by atoms with van der Waals surface area (Å²) in [5.41, 5.74) is 0.911. The molecule has 1 aliphatic heterocycles. The summed E-state index contributed by atoms with van der Waals surface area (Å²) in [7, 11) is 0. The van der Waals surface area contributed by atoms with Crippen molar-refractivity contribution >= 4 is 11.9 Å². The highest BCUT2D eigenvalue weighted by Crippen LogP contribution is 2.26. The number of carboxylic acids is 1. The molecule has 3 aromatic rings. The summed E-state index contributed by atoms with van der Waals surface area (Å²) in [5.74, 6) is -1.13. The third-order valence-corrected chi connectivity index (χ3v) is 4.41. The van der Waals surface area contributed by atoms with Crippen LogP contribution in [0, 0.1) is 0 Å². The predicted molar refractivity (Wildman–Crippen MR) is 96.7 cm³/mol. The SMILES string of the molecule is O=C([O-])c1ccc(-n2nnnc2Oc2ccccc2C(=O)N2CCOCC2)cc1. The van der Waals surface area contributed by atoms with Gasteiger partial charge in [-0.25, -0.2) is 0 Å². The molecular formula is C19H16N5O5-. The number of hydrogen-bond donors (Lipinski definition) is 0. The molecule has 1 amide bonds. The number of rotatable bonds is 5. The summed E-state index contributed by atoms with van der Waals surface area (Å²) < 4.78 is 12.4. The fraction of sp³-hybridized carbons (Fsp3) is 0.211. The Kier molecular flexibility index (Phi) is 5.16. The van der Waals surface area contributed by atoms with Crippen molar-refractivity contribution in [2.24, 2.45) is 0 Å². The Bertz CT molecular complexity index is 1030. The highest BCUT2D eigenvalue weighted by molar-refractivity contribution is 5.97. The van der Waals surface area contributed by atoms with E-state index in [-0.39, 0.29) is 17.5 Å². The quantitative estimate of drug-likeness (QED) is 0.605. The number of carbonyl (C=O) groups excluding carboxylic acids is 2. The first-order valence-electron chi connectivity index (χ1n) is 8.87. The van der Waals surface area contributed by atoms with E-state index >= 15 is 0 Å². The van der Waals surface area contributed by atoms with Crippen molar-refractivity contribution in [1.29, 1.82) is 0 Å². The number of carboxylic acid groups (broad SMARTS) is 1. The highest BCUT2D eigenvalue weighted by atomic mass is 16.5. The van der Waals surface area contributed by atoms with Crippen molar-refractivity contribution in [3.63, 3.8) is 0 Å². The minimum atomic E-state index is -1.28. The Morgan fingerprint density at radius 1 is 1.03 bits per heavy atom. The Hall–Kier alpha value is -3.79. The molecule has 1 aliphatic rings. The second kappa shape index (κ2) is 8.07. The van der Waals surface area contributed by atoms with Gasteiger partial charge in [0.1, 0.15) is 5.75 Å². The van der Waals surface area contributed by atoms with Gasteiger partial charge in [0.15, 0.2) is 0 Å². The summed E-state index contributed by atoms with van der Waals surface area (Å²) in [6.07, 6.45) is 0. The minimum absolute atomic E-state index is 0.0331. The zero-order chi connectivity index (χ0) is 20.2. The lowest BCUT2D eigenvalue weighted by molar-refractivity contribution is -0.255. The number of para-hydroxylation sites is 1. The molecule has 0 radical (unpaired) electrons. The van der Waals surface area contributed by atoms with Gasteiger partial charge >= 0.3 is 6.01 Å². The van der Waals surface area contributed by atoms with Crippen LogP contribution in [0.4, 0.5) is 0 Å². The number of hydrogen-bond acceptors (Lipinski definition) is 8. The second-order valence-corrected chi connectivity index (χ2v) is 6.21. The number of morpholine rings is 1. The number of tetrazole rings is 1. The van der Waals surface area contributed by atoms with E-state index in [9.17, 15) is 14.7 Å². The molecule has 4 rings (SSSR count). The Balaban J connectivity index is 1.60. The van der Waals surface area contributed by atoms with Crippen LogP contribution in [-0.4, -0.2) is 63.3 Å². The highest BCUT2D eigenvalue weighted by Gasteiger charge is 2.23. The lowest BCUT2D eigenvalue weighted by atomic mass is 10.1. The average Bonchev–Trinajstić information content (AvgIpc) is 3.22. The van der Waals surface area contributed by atoms with Gasteiger partial charge in [-0.05, 0) is 40.3 Å². The lowest BCUT2D eigenvalue weighted by Crippen LogP contribution is -2.40. The van der Waals surface area contributed by atoms with Gasteiger partial charge < -0.3 is 24.3 Å². The molecule has 2 heterocycles. The molecule has 0 bridgehead atoms. The van der Waals surface area contributed by atoms with Gasteiger partial charge in [0.25, 0.3) is 5.91 Å². The smallest absolute Gasteiger partial charge is 0.345 e. The molecule has 2 aromatic carbocycles. The molecule has 148 valence electrons. The summed E-state index contributed by atoms with van der Waals surface area (Å²) in [6.45, 7) is 2.01. The van der Waals surface area contributed by atoms with Crippen LogP contribution in [0.1, 0.15) is 20.7 Å². The fourth-order valence-electron chi connectivity index (χ4n) is 2.91. The van der Waals surface area contributed by atoms with Gasteiger partial charge in [0.05, 0.1) is 30.4 Å². The van der Waals surface area contributed by atoms with Gasteiger partial charge in [-0.1, -0.05) is 29.4 Å². The first-order valence-corrected chi connectivity index (χ1v) is 8.87. The zero-order valence-electron chi connectivity index (χ0n) is 15.2. The molecule has 10 nitrogen and oxygen atoms in total. The van der Waals surface area contributed by atoms with E-state index in [0.29, 0.717) is 43.3 Å². The van der Waals surface area contributed by atoms with Crippen LogP contribution in [0.3, 0.4) is 0 Å². The Morgan fingerprint density at radius 2 is 1.76 bits per heavy atom. The van der Waals surface area contributed by atoms with E-state index in [4.69, 9.17) is 9.47 Å². The van der Waals surface area contributed by atoms with E-state index in [1.165, 1.54) is 28.9 Å². The normalized spacial score (nSPS) is 13.9.